The van der Waals surface area contributed by atoms with Crippen LogP contribution in [0.4, 0.5) is 0 Å². The van der Waals surface area contributed by atoms with E-state index in [-0.39, 0.29) is 11.6 Å². The van der Waals surface area contributed by atoms with Crippen LogP contribution in [0.3, 0.4) is 0 Å². The van der Waals surface area contributed by atoms with Gasteiger partial charge in [-0.25, -0.2) is 0 Å². The Balaban J connectivity index is 1.89. The van der Waals surface area contributed by atoms with Crippen molar-refractivity contribution < 1.29 is 9.59 Å². The summed E-state index contributed by atoms with van der Waals surface area (Å²) >= 11 is 5.87. The van der Waals surface area contributed by atoms with Crippen molar-refractivity contribution in [3.63, 3.8) is 0 Å². The van der Waals surface area contributed by atoms with Crippen molar-refractivity contribution in [1.82, 2.24) is 0 Å². The highest BCUT2D eigenvalue weighted by molar-refractivity contribution is 7.99. The summed E-state index contributed by atoms with van der Waals surface area (Å²) in [4.78, 5) is 28.2. The number of fused-ring (bicyclic) bond motifs is 2. The van der Waals surface area contributed by atoms with E-state index in [1.807, 2.05) is 42.5 Å². The zero-order valence-electron chi connectivity index (χ0n) is 12.5. The Hall–Kier alpha value is -2.30. The Morgan fingerprint density at radius 2 is 1.33 bits per heavy atom. The lowest BCUT2D eigenvalue weighted by atomic mass is 9.84. The summed E-state index contributed by atoms with van der Waals surface area (Å²) in [6.45, 7) is 0. The van der Waals surface area contributed by atoms with Gasteiger partial charge in [-0.2, -0.15) is 0 Å². The van der Waals surface area contributed by atoms with Crippen LogP contribution < -0.4 is 0 Å². The fraction of sp³-hybridized carbons (Fsp3) is 0. The Bertz CT molecular complexity index is 978. The first-order chi connectivity index (χ1) is 11.7. The Kier molecular flexibility index (Phi) is 3.79. The number of hydrogen-bond acceptors (Lipinski definition) is 4. The average molecular weight is 348 g/mol. The number of ketones is 2. The van der Waals surface area contributed by atoms with Crippen LogP contribution >= 0.6 is 24.4 Å². The van der Waals surface area contributed by atoms with E-state index < -0.39 is 0 Å². The molecule has 1 aliphatic rings. The third-order valence-electron chi connectivity index (χ3n) is 3.98. The molecule has 0 bridgehead atoms. The molecule has 24 heavy (non-hydrogen) atoms. The number of rotatable bonds is 2. The van der Waals surface area contributed by atoms with Gasteiger partial charge in [-0.15, -0.1) is 12.6 Å². The van der Waals surface area contributed by atoms with Gasteiger partial charge in [0.15, 0.2) is 11.6 Å². The van der Waals surface area contributed by atoms with Crippen LogP contribution in [0.25, 0.3) is 0 Å². The van der Waals surface area contributed by atoms with Crippen molar-refractivity contribution in [3.05, 3.63) is 89.0 Å². The fourth-order valence-electron chi connectivity index (χ4n) is 2.89. The molecule has 0 N–H and O–H groups in total. The first-order valence-corrected chi connectivity index (χ1v) is 8.70. The van der Waals surface area contributed by atoms with Crippen molar-refractivity contribution in [1.29, 1.82) is 0 Å². The van der Waals surface area contributed by atoms with Crippen molar-refractivity contribution in [3.8, 4) is 0 Å². The zero-order chi connectivity index (χ0) is 16.7. The third kappa shape index (κ3) is 2.39. The minimum Gasteiger partial charge on any atom is -0.289 e. The minimum atomic E-state index is -0.135. The number of carbonyl (C=O) groups is 2. The number of carbonyl (C=O) groups excluding carboxylic acids is 2. The van der Waals surface area contributed by atoms with Crippen molar-refractivity contribution in [2.24, 2.45) is 0 Å². The van der Waals surface area contributed by atoms with Gasteiger partial charge in [0.05, 0.1) is 0 Å². The highest BCUT2D eigenvalue weighted by atomic mass is 32.2. The molecule has 4 rings (SSSR count). The molecule has 3 aromatic rings. The Morgan fingerprint density at radius 3 is 2.08 bits per heavy atom. The van der Waals surface area contributed by atoms with Gasteiger partial charge in [0.1, 0.15) is 0 Å². The summed E-state index contributed by atoms with van der Waals surface area (Å²) < 4.78 is 0. The molecule has 3 aromatic carbocycles. The summed E-state index contributed by atoms with van der Waals surface area (Å²) in [5, 5.41) is 0. The number of thiol groups is 1. The zero-order valence-corrected chi connectivity index (χ0v) is 14.2. The third-order valence-corrected chi connectivity index (χ3v) is 5.42. The molecule has 0 radical (unpaired) electrons. The summed E-state index contributed by atoms with van der Waals surface area (Å²) in [5.41, 5.74) is 1.78. The van der Waals surface area contributed by atoms with Crippen LogP contribution in [0.1, 0.15) is 31.8 Å². The second kappa shape index (κ2) is 5.96. The molecule has 0 aliphatic heterocycles. The Labute approximate surface area is 149 Å². The molecule has 0 spiro atoms. The maximum atomic E-state index is 13.1. The molecule has 0 aromatic heterocycles. The molecule has 0 saturated carbocycles. The van der Waals surface area contributed by atoms with Gasteiger partial charge in [-0.1, -0.05) is 54.2 Å². The molecular weight excluding hydrogens is 336 g/mol. The van der Waals surface area contributed by atoms with E-state index in [1.54, 1.807) is 24.3 Å². The lowest BCUT2D eigenvalue weighted by Crippen LogP contribution is -2.22. The van der Waals surface area contributed by atoms with E-state index in [4.69, 9.17) is 0 Å². The van der Waals surface area contributed by atoms with Crippen LogP contribution in [0, 0.1) is 0 Å². The van der Waals surface area contributed by atoms with Crippen molar-refractivity contribution in [2.45, 2.75) is 14.7 Å². The van der Waals surface area contributed by atoms with Crippen LogP contribution in [0.15, 0.2) is 81.4 Å². The molecule has 2 nitrogen and oxygen atoms in total. The highest BCUT2D eigenvalue weighted by Gasteiger charge is 2.32. The quantitative estimate of drug-likeness (QED) is 0.523. The second-order valence-corrected chi connectivity index (χ2v) is 7.05. The molecule has 0 atom stereocenters. The summed E-state index contributed by atoms with van der Waals surface area (Å²) in [6.07, 6.45) is 0. The molecule has 0 heterocycles. The first-order valence-electron chi connectivity index (χ1n) is 7.44. The van der Waals surface area contributed by atoms with Gasteiger partial charge in [0.25, 0.3) is 0 Å². The van der Waals surface area contributed by atoms with Crippen LogP contribution in [-0.4, -0.2) is 11.6 Å². The van der Waals surface area contributed by atoms with Crippen LogP contribution in [-0.2, 0) is 0 Å². The molecule has 4 heteroatoms. The predicted molar refractivity (Wildman–Crippen MR) is 97.6 cm³/mol. The largest absolute Gasteiger partial charge is 0.289 e. The summed E-state index contributed by atoms with van der Waals surface area (Å²) in [5.74, 6) is -0.254. The van der Waals surface area contributed by atoms with Gasteiger partial charge >= 0.3 is 0 Å². The molecule has 0 unspecified atom stereocenters. The van der Waals surface area contributed by atoms with Gasteiger partial charge in [0.2, 0.25) is 0 Å². The van der Waals surface area contributed by atoms with Gasteiger partial charge in [0, 0.05) is 36.9 Å². The average Bonchev–Trinajstić information content (AvgIpc) is 2.60. The summed E-state index contributed by atoms with van der Waals surface area (Å²) in [7, 11) is 0. The number of hydrogen-bond donors (Lipinski definition) is 1. The molecule has 116 valence electrons. The fourth-order valence-corrected chi connectivity index (χ4v) is 4.20. The molecule has 0 saturated heterocycles. The smallest absolute Gasteiger partial charge is 0.196 e. The van der Waals surface area contributed by atoms with Crippen molar-refractivity contribution in [2.75, 3.05) is 0 Å². The maximum Gasteiger partial charge on any atom is 0.196 e. The second-order valence-electron chi connectivity index (χ2n) is 5.45. The van der Waals surface area contributed by atoms with Crippen LogP contribution in [0.2, 0.25) is 0 Å². The van der Waals surface area contributed by atoms with Gasteiger partial charge < -0.3 is 0 Å². The van der Waals surface area contributed by atoms with Gasteiger partial charge in [-0.3, -0.25) is 9.59 Å². The van der Waals surface area contributed by atoms with E-state index in [1.165, 1.54) is 11.8 Å². The molecule has 0 amide bonds. The SMILES string of the molecule is O=C1c2cccc(S)c2C(=O)c2c(Sc3ccccc3)cccc21. The van der Waals surface area contributed by atoms with Crippen LogP contribution in [0.5, 0.6) is 0 Å². The topological polar surface area (TPSA) is 34.1 Å². The van der Waals surface area contributed by atoms with E-state index in [0.29, 0.717) is 27.1 Å². The Morgan fingerprint density at radius 1 is 0.667 bits per heavy atom. The predicted octanol–water partition coefficient (Wildman–Crippen LogP) is 4.90. The monoisotopic (exact) mass is 348 g/mol. The van der Waals surface area contributed by atoms with Crippen molar-refractivity contribution >= 4 is 36.0 Å². The molecule has 1 aliphatic carbocycles. The standard InChI is InChI=1S/C20H12O2S2/c21-19-13-8-4-10-15(23)17(13)20(22)18-14(19)9-5-11-16(18)24-12-6-2-1-3-7-12/h1-11,23H. The maximum absolute atomic E-state index is 13.1. The molecular formula is C20H12O2S2. The van der Waals surface area contributed by atoms with Gasteiger partial charge in [-0.05, 0) is 24.3 Å². The highest BCUT2D eigenvalue weighted by Crippen LogP contribution is 2.38. The minimum absolute atomic E-state index is 0.119. The lowest BCUT2D eigenvalue weighted by Gasteiger charge is -2.21. The number of benzene rings is 3. The summed E-state index contributed by atoms with van der Waals surface area (Å²) in [6, 6.07) is 20.4. The normalized spacial score (nSPS) is 12.7. The van der Waals surface area contributed by atoms with E-state index in [0.717, 1.165) is 9.79 Å². The lowest BCUT2D eigenvalue weighted by molar-refractivity contribution is 0.0974. The van der Waals surface area contributed by atoms with E-state index in [9.17, 15) is 9.59 Å². The first kappa shape index (κ1) is 15.2. The van der Waals surface area contributed by atoms with E-state index >= 15 is 0 Å². The van der Waals surface area contributed by atoms with E-state index in [2.05, 4.69) is 12.6 Å². The molecule has 0 fully saturated rings.